The first-order valence-corrected chi connectivity index (χ1v) is 10.4. The summed E-state index contributed by atoms with van der Waals surface area (Å²) in [6, 6.07) is 13.7. The fourth-order valence-electron chi connectivity index (χ4n) is 4.09. The molecule has 0 bridgehead atoms. The summed E-state index contributed by atoms with van der Waals surface area (Å²) in [5, 5.41) is 12.2. The van der Waals surface area contributed by atoms with Crippen molar-refractivity contribution in [3.05, 3.63) is 53.6 Å². The van der Waals surface area contributed by atoms with Crippen molar-refractivity contribution >= 4 is 17.7 Å². The van der Waals surface area contributed by atoms with Crippen LogP contribution in [-0.2, 0) is 16.0 Å². The van der Waals surface area contributed by atoms with E-state index in [0.29, 0.717) is 12.8 Å². The van der Waals surface area contributed by atoms with Gasteiger partial charge in [0.15, 0.2) is 0 Å². The molecule has 6 heteroatoms. The van der Waals surface area contributed by atoms with Gasteiger partial charge < -0.3 is 20.1 Å². The first-order chi connectivity index (χ1) is 14.3. The summed E-state index contributed by atoms with van der Waals surface area (Å²) in [4.78, 5) is 26.4. The summed E-state index contributed by atoms with van der Waals surface area (Å²) < 4.78 is 5.28. The molecule has 160 valence electrons. The van der Waals surface area contributed by atoms with E-state index in [1.54, 1.807) is 11.8 Å². The molecule has 0 unspecified atom stereocenters. The lowest BCUT2D eigenvalue weighted by atomic mass is 9.89. The van der Waals surface area contributed by atoms with Crippen molar-refractivity contribution < 1.29 is 19.4 Å². The Hall–Kier alpha value is -2.86. The van der Waals surface area contributed by atoms with Crippen molar-refractivity contribution in [2.75, 3.05) is 11.5 Å². The first kappa shape index (κ1) is 21.8. The van der Waals surface area contributed by atoms with E-state index in [2.05, 4.69) is 11.4 Å². The van der Waals surface area contributed by atoms with Gasteiger partial charge in [0.05, 0.1) is 12.1 Å². The van der Waals surface area contributed by atoms with Gasteiger partial charge in [-0.2, -0.15) is 0 Å². The fourth-order valence-corrected chi connectivity index (χ4v) is 4.09. The molecule has 2 aromatic rings. The molecule has 0 aromatic heterocycles. The average Bonchev–Trinajstić information content (AvgIpc) is 2.67. The molecule has 0 spiro atoms. The second-order valence-electron chi connectivity index (χ2n) is 8.07. The molecule has 3 rings (SSSR count). The number of nitrogens with one attached hydrogen (secondary N) is 1. The maximum Gasteiger partial charge on any atom is 0.407 e. The number of aliphatic hydroxyl groups excluding tert-OH is 1. The molecule has 0 saturated heterocycles. The van der Waals surface area contributed by atoms with E-state index in [0.717, 1.165) is 27.9 Å². The highest BCUT2D eigenvalue weighted by atomic mass is 16.6. The van der Waals surface area contributed by atoms with Crippen LogP contribution in [-0.4, -0.2) is 35.9 Å². The minimum absolute atomic E-state index is 0.0235. The van der Waals surface area contributed by atoms with Crippen molar-refractivity contribution in [1.29, 1.82) is 0 Å². The zero-order chi connectivity index (χ0) is 21.8. The molecule has 6 nitrogen and oxygen atoms in total. The van der Waals surface area contributed by atoms with Gasteiger partial charge >= 0.3 is 6.09 Å². The smallest absolute Gasteiger partial charge is 0.407 e. The zero-order valence-electron chi connectivity index (χ0n) is 18.0. The number of nitrogens with zero attached hydrogens (tertiary/aromatic N) is 1. The quantitative estimate of drug-likeness (QED) is 0.774. The van der Waals surface area contributed by atoms with Crippen molar-refractivity contribution in [1.82, 2.24) is 5.32 Å². The normalized spacial score (nSPS) is 18.1. The lowest BCUT2D eigenvalue weighted by Crippen LogP contribution is -2.45. The molecule has 0 fully saturated rings. The van der Waals surface area contributed by atoms with E-state index >= 15 is 0 Å². The highest BCUT2D eigenvalue weighted by Crippen LogP contribution is 2.39. The minimum atomic E-state index is -0.459. The third-order valence-electron chi connectivity index (χ3n) is 5.31. The highest BCUT2D eigenvalue weighted by Gasteiger charge is 2.33. The largest absolute Gasteiger partial charge is 0.447 e. The number of carbonyl (C=O) groups is 2. The molecule has 1 heterocycles. The predicted octanol–water partition coefficient (Wildman–Crippen LogP) is 4.21. The van der Waals surface area contributed by atoms with E-state index in [9.17, 15) is 14.7 Å². The second kappa shape index (κ2) is 9.30. The molecule has 0 saturated carbocycles. The maximum absolute atomic E-state index is 12.3. The summed E-state index contributed by atoms with van der Waals surface area (Å²) in [6.07, 6.45) is 0.535. The van der Waals surface area contributed by atoms with Gasteiger partial charge in [0.1, 0.15) is 0 Å². The SMILES string of the molecule is CC(=O)N1c2ccc(-c3cccc(CCO)c3)cc2[C@H](NC(=O)OC(C)C)C[C@@H]1C. The number of amides is 2. The van der Waals surface area contributed by atoms with E-state index in [-0.39, 0.29) is 30.7 Å². The summed E-state index contributed by atoms with van der Waals surface area (Å²) in [5.41, 5.74) is 4.79. The summed E-state index contributed by atoms with van der Waals surface area (Å²) >= 11 is 0. The number of rotatable bonds is 5. The lowest BCUT2D eigenvalue weighted by Gasteiger charge is -2.39. The molecule has 2 N–H and O–H groups in total. The third-order valence-corrected chi connectivity index (χ3v) is 5.31. The predicted molar refractivity (Wildman–Crippen MR) is 117 cm³/mol. The number of ether oxygens (including phenoxy) is 1. The monoisotopic (exact) mass is 410 g/mol. The van der Waals surface area contributed by atoms with Crippen LogP contribution in [0.1, 0.15) is 51.3 Å². The van der Waals surface area contributed by atoms with Gasteiger partial charge in [0.2, 0.25) is 5.91 Å². The number of fused-ring (bicyclic) bond motifs is 1. The average molecular weight is 411 g/mol. The van der Waals surface area contributed by atoms with E-state index < -0.39 is 6.09 Å². The number of anilines is 1. The van der Waals surface area contributed by atoms with Gasteiger partial charge in [-0.15, -0.1) is 0 Å². The first-order valence-electron chi connectivity index (χ1n) is 10.4. The number of alkyl carbamates (subject to hydrolysis) is 1. The Kier molecular flexibility index (Phi) is 6.77. The molecule has 1 aliphatic heterocycles. The molecule has 1 aliphatic rings. The van der Waals surface area contributed by atoms with Gasteiger partial charge in [0, 0.05) is 25.3 Å². The van der Waals surface area contributed by atoms with Crippen LogP contribution in [0.2, 0.25) is 0 Å². The Balaban J connectivity index is 2.01. The lowest BCUT2D eigenvalue weighted by molar-refractivity contribution is -0.117. The molecule has 2 amide bonds. The molecule has 0 radical (unpaired) electrons. The van der Waals surface area contributed by atoms with Crippen molar-refractivity contribution in [2.45, 2.75) is 58.7 Å². The Labute approximate surface area is 177 Å². The zero-order valence-corrected chi connectivity index (χ0v) is 18.0. The molecule has 30 heavy (non-hydrogen) atoms. The van der Waals surface area contributed by atoms with Gasteiger partial charge in [0.25, 0.3) is 0 Å². The van der Waals surface area contributed by atoms with Crippen molar-refractivity contribution in [2.24, 2.45) is 0 Å². The maximum atomic E-state index is 12.3. The van der Waals surface area contributed by atoms with Crippen LogP contribution in [0.5, 0.6) is 0 Å². The molecular formula is C24H30N2O4. The number of carbonyl (C=O) groups excluding carboxylic acids is 2. The van der Waals surface area contributed by atoms with Crippen LogP contribution in [0.15, 0.2) is 42.5 Å². The summed E-state index contributed by atoms with van der Waals surface area (Å²) in [5.74, 6) is -0.0235. The minimum Gasteiger partial charge on any atom is -0.447 e. The number of hydrogen-bond acceptors (Lipinski definition) is 4. The Morgan fingerprint density at radius 2 is 1.93 bits per heavy atom. The molecule has 2 atom stereocenters. The van der Waals surface area contributed by atoms with Crippen LogP contribution >= 0.6 is 0 Å². The van der Waals surface area contributed by atoms with Crippen molar-refractivity contribution in [3.63, 3.8) is 0 Å². The Morgan fingerprint density at radius 1 is 1.20 bits per heavy atom. The van der Waals surface area contributed by atoms with Crippen LogP contribution in [0.4, 0.5) is 10.5 Å². The van der Waals surface area contributed by atoms with Gasteiger partial charge in [-0.05, 0) is 68.0 Å². The van der Waals surface area contributed by atoms with Gasteiger partial charge in [-0.1, -0.05) is 30.3 Å². The van der Waals surface area contributed by atoms with Crippen LogP contribution in [0.3, 0.4) is 0 Å². The van der Waals surface area contributed by atoms with E-state index in [1.165, 1.54) is 0 Å². The van der Waals surface area contributed by atoms with E-state index in [1.807, 2.05) is 57.2 Å². The number of aliphatic hydroxyl groups is 1. The number of hydrogen-bond donors (Lipinski definition) is 2. The highest BCUT2D eigenvalue weighted by molar-refractivity contribution is 5.94. The van der Waals surface area contributed by atoms with E-state index in [4.69, 9.17) is 4.74 Å². The van der Waals surface area contributed by atoms with Gasteiger partial charge in [-0.3, -0.25) is 4.79 Å². The van der Waals surface area contributed by atoms with Crippen LogP contribution < -0.4 is 10.2 Å². The molecule has 2 aromatic carbocycles. The molecular weight excluding hydrogens is 380 g/mol. The topological polar surface area (TPSA) is 78.9 Å². The summed E-state index contributed by atoms with van der Waals surface area (Å²) in [6.45, 7) is 7.27. The fraction of sp³-hybridized carbons (Fsp3) is 0.417. The Morgan fingerprint density at radius 3 is 2.60 bits per heavy atom. The number of benzene rings is 2. The van der Waals surface area contributed by atoms with Crippen molar-refractivity contribution in [3.8, 4) is 11.1 Å². The molecule has 0 aliphatic carbocycles. The second-order valence-corrected chi connectivity index (χ2v) is 8.07. The van der Waals surface area contributed by atoms with Gasteiger partial charge in [-0.25, -0.2) is 4.79 Å². The third kappa shape index (κ3) is 4.82. The Bertz CT molecular complexity index is 925. The standard InChI is InChI=1S/C24H30N2O4/c1-15(2)30-24(29)25-22-12-16(3)26(17(4)28)23-9-8-20(14-21(22)23)19-7-5-6-18(13-19)10-11-27/h5-9,13-16,22,27H,10-12H2,1-4H3,(H,25,29)/t16-,22+/m0/s1. The van der Waals surface area contributed by atoms with Crippen LogP contribution in [0.25, 0.3) is 11.1 Å². The summed E-state index contributed by atoms with van der Waals surface area (Å²) in [7, 11) is 0. The van der Waals surface area contributed by atoms with Crippen LogP contribution in [0, 0.1) is 0 Å².